The van der Waals surface area contributed by atoms with Gasteiger partial charge in [-0.05, 0) is 44.4 Å². The molecule has 0 radical (unpaired) electrons. The summed E-state index contributed by atoms with van der Waals surface area (Å²) in [6.45, 7) is 6.99. The Balaban J connectivity index is 2.40. The van der Waals surface area contributed by atoms with Crippen LogP contribution in [0, 0.1) is 5.82 Å². The monoisotopic (exact) mass is 427 g/mol. The Morgan fingerprint density at radius 1 is 1.25 bits per heavy atom. The van der Waals surface area contributed by atoms with Crippen LogP contribution < -0.4 is 8.92 Å². The quantitative estimate of drug-likeness (QED) is 0.353. The Labute approximate surface area is 162 Å². The summed E-state index contributed by atoms with van der Waals surface area (Å²) in [5.41, 5.74) is -5.58. The average Bonchev–Trinajstić information content (AvgIpc) is 2.63. The summed E-state index contributed by atoms with van der Waals surface area (Å²) in [6.07, 6.45) is 2.73. The third-order valence-electron chi connectivity index (χ3n) is 4.87. The number of fused-ring (bicyclic) bond motifs is 1. The minimum absolute atomic E-state index is 0.00358. The zero-order valence-corrected chi connectivity index (χ0v) is 16.9. The highest BCUT2D eigenvalue weighted by atomic mass is 32.2. The van der Waals surface area contributed by atoms with Crippen molar-refractivity contribution in [2.24, 2.45) is 0 Å². The second-order valence-corrected chi connectivity index (χ2v) is 8.25. The Morgan fingerprint density at radius 2 is 1.89 bits per heavy atom. The van der Waals surface area contributed by atoms with E-state index in [9.17, 15) is 26.0 Å². The zero-order chi connectivity index (χ0) is 21.1. The Morgan fingerprint density at radius 3 is 2.43 bits per heavy atom. The largest absolute Gasteiger partial charge is 0.534 e. The highest BCUT2D eigenvalue weighted by Crippen LogP contribution is 2.39. The summed E-state index contributed by atoms with van der Waals surface area (Å²) >= 11 is 0. The molecule has 1 heterocycles. The van der Waals surface area contributed by atoms with Crippen LogP contribution in [0.25, 0.3) is 0 Å². The maximum absolute atomic E-state index is 14.1. The van der Waals surface area contributed by atoms with E-state index in [4.69, 9.17) is 4.74 Å². The molecule has 1 aromatic rings. The van der Waals surface area contributed by atoms with E-state index in [0.717, 1.165) is 37.9 Å². The molecule has 0 spiro atoms. The van der Waals surface area contributed by atoms with Gasteiger partial charge >= 0.3 is 15.6 Å². The molecule has 0 N–H and O–H groups in total. The summed E-state index contributed by atoms with van der Waals surface area (Å²) in [7, 11) is -5.86. The van der Waals surface area contributed by atoms with Crippen LogP contribution in [-0.4, -0.2) is 44.1 Å². The van der Waals surface area contributed by atoms with E-state index in [-0.39, 0.29) is 36.4 Å². The molecule has 1 aliphatic rings. The summed E-state index contributed by atoms with van der Waals surface area (Å²) < 4.78 is 84.9. The first-order valence-corrected chi connectivity index (χ1v) is 10.7. The van der Waals surface area contributed by atoms with Crippen molar-refractivity contribution in [3.8, 4) is 11.5 Å². The van der Waals surface area contributed by atoms with Crippen molar-refractivity contribution < 1.29 is 34.9 Å². The van der Waals surface area contributed by atoms with Gasteiger partial charge in [0.2, 0.25) is 0 Å². The maximum atomic E-state index is 14.1. The van der Waals surface area contributed by atoms with E-state index in [0.29, 0.717) is 0 Å². The van der Waals surface area contributed by atoms with Gasteiger partial charge in [-0.1, -0.05) is 20.8 Å². The number of hydrogen-bond acceptors (Lipinski definition) is 5. The van der Waals surface area contributed by atoms with Crippen LogP contribution in [0.15, 0.2) is 12.1 Å². The molecule has 0 aromatic heterocycles. The molecule has 10 heteroatoms. The average molecular weight is 427 g/mol. The van der Waals surface area contributed by atoms with E-state index in [1.165, 1.54) is 0 Å². The number of benzene rings is 1. The number of rotatable bonds is 8. The number of nitrogens with zero attached hydrogens (tertiary/aromatic N) is 1. The van der Waals surface area contributed by atoms with Crippen LogP contribution in [-0.2, 0) is 16.5 Å². The Bertz CT molecular complexity index is 779. The summed E-state index contributed by atoms with van der Waals surface area (Å²) in [4.78, 5) is 2.19. The molecule has 0 unspecified atom stereocenters. The van der Waals surface area contributed by atoms with Gasteiger partial charge in [-0.25, -0.2) is 4.39 Å². The molecule has 0 fully saturated rings. The fraction of sp³-hybridized carbons (Fsp3) is 0.667. The lowest BCUT2D eigenvalue weighted by Crippen LogP contribution is -2.49. The topological polar surface area (TPSA) is 55.8 Å². The van der Waals surface area contributed by atoms with Crippen LogP contribution >= 0.6 is 0 Å². The normalized spacial score (nSPS) is 17.5. The molecule has 2 rings (SSSR count). The maximum Gasteiger partial charge on any atom is 0.534 e. The van der Waals surface area contributed by atoms with Gasteiger partial charge in [-0.15, -0.1) is 0 Å². The smallest absolute Gasteiger partial charge is 0.488 e. The van der Waals surface area contributed by atoms with Crippen molar-refractivity contribution in [1.29, 1.82) is 0 Å². The SMILES string of the molecule is CCCN(C(CC)CC)[C@H]1COc2c(F)ccc(OS(=O)(=O)C(F)(F)F)c2C1. The number of alkyl halides is 3. The predicted molar refractivity (Wildman–Crippen MR) is 96.4 cm³/mol. The summed E-state index contributed by atoms with van der Waals surface area (Å²) in [5, 5.41) is 0. The summed E-state index contributed by atoms with van der Waals surface area (Å²) in [6, 6.07) is 1.73. The molecule has 0 amide bonds. The molecule has 0 aliphatic carbocycles. The molecule has 0 saturated heterocycles. The lowest BCUT2D eigenvalue weighted by Gasteiger charge is -2.40. The van der Waals surface area contributed by atoms with Crippen molar-refractivity contribution in [2.75, 3.05) is 13.2 Å². The first-order chi connectivity index (χ1) is 13.1. The third-order valence-corrected chi connectivity index (χ3v) is 5.84. The van der Waals surface area contributed by atoms with Crippen molar-refractivity contribution in [1.82, 2.24) is 4.90 Å². The van der Waals surface area contributed by atoms with Crippen molar-refractivity contribution in [2.45, 2.75) is 64.0 Å². The molecular weight excluding hydrogens is 402 g/mol. The van der Waals surface area contributed by atoms with E-state index in [2.05, 4.69) is 9.08 Å². The molecule has 0 saturated carbocycles. The summed E-state index contributed by atoms with van der Waals surface area (Å²) in [5.74, 6) is -1.58. The Hall–Kier alpha value is -1.55. The van der Waals surface area contributed by atoms with Gasteiger partial charge in [-0.2, -0.15) is 21.6 Å². The minimum atomic E-state index is -5.86. The highest BCUT2D eigenvalue weighted by molar-refractivity contribution is 7.88. The van der Waals surface area contributed by atoms with Crippen LogP contribution in [0.1, 0.15) is 45.6 Å². The number of ether oxygens (including phenoxy) is 1. The third kappa shape index (κ3) is 4.71. The van der Waals surface area contributed by atoms with Crippen molar-refractivity contribution >= 4 is 10.1 Å². The molecular formula is C18H25F4NO4S. The lowest BCUT2D eigenvalue weighted by molar-refractivity contribution is -0.0500. The fourth-order valence-electron chi connectivity index (χ4n) is 3.54. The van der Waals surface area contributed by atoms with E-state index in [1.807, 2.05) is 20.8 Å². The van der Waals surface area contributed by atoms with E-state index in [1.54, 1.807) is 0 Å². The van der Waals surface area contributed by atoms with E-state index >= 15 is 0 Å². The lowest BCUT2D eigenvalue weighted by atomic mass is 9.97. The van der Waals surface area contributed by atoms with Crippen LogP contribution in [0.3, 0.4) is 0 Å². The molecule has 28 heavy (non-hydrogen) atoms. The van der Waals surface area contributed by atoms with Gasteiger partial charge in [0.05, 0.1) is 0 Å². The van der Waals surface area contributed by atoms with Gasteiger partial charge < -0.3 is 8.92 Å². The van der Waals surface area contributed by atoms with Crippen LogP contribution in [0.4, 0.5) is 17.6 Å². The van der Waals surface area contributed by atoms with Crippen LogP contribution in [0.2, 0.25) is 0 Å². The molecule has 1 aromatic carbocycles. The Kier molecular flexibility index (Phi) is 7.19. The fourth-order valence-corrected chi connectivity index (χ4v) is 4.03. The van der Waals surface area contributed by atoms with Gasteiger partial charge in [0, 0.05) is 17.6 Å². The standard InChI is InChI=1S/C18H25F4NO4S/c1-4-9-23(12(5-2)6-3)13-10-14-16(27-28(24,25)18(20,21)22)8-7-15(19)17(14)26-11-13/h7-8,12-13H,4-6,9-11H2,1-3H3/t13-/m1/s1. The van der Waals surface area contributed by atoms with Gasteiger partial charge in [0.15, 0.2) is 11.6 Å². The zero-order valence-electron chi connectivity index (χ0n) is 16.1. The van der Waals surface area contributed by atoms with Crippen molar-refractivity contribution in [3.63, 3.8) is 0 Å². The van der Waals surface area contributed by atoms with Gasteiger partial charge in [-0.3, -0.25) is 4.90 Å². The first-order valence-electron chi connectivity index (χ1n) is 9.26. The van der Waals surface area contributed by atoms with Crippen molar-refractivity contribution in [3.05, 3.63) is 23.5 Å². The second kappa shape index (κ2) is 8.86. The molecule has 0 bridgehead atoms. The molecule has 1 aliphatic heterocycles. The number of halogens is 4. The van der Waals surface area contributed by atoms with Gasteiger partial charge in [0.1, 0.15) is 12.4 Å². The number of hydrogen-bond donors (Lipinski definition) is 0. The van der Waals surface area contributed by atoms with Gasteiger partial charge in [0.25, 0.3) is 0 Å². The minimum Gasteiger partial charge on any atom is -0.488 e. The molecule has 5 nitrogen and oxygen atoms in total. The van der Waals surface area contributed by atoms with Crippen LogP contribution in [0.5, 0.6) is 11.5 Å². The second-order valence-electron chi connectivity index (χ2n) is 6.71. The highest BCUT2D eigenvalue weighted by Gasteiger charge is 2.49. The van der Waals surface area contributed by atoms with E-state index < -0.39 is 27.2 Å². The predicted octanol–water partition coefficient (Wildman–Crippen LogP) is 4.26. The molecule has 160 valence electrons. The molecule has 1 atom stereocenters. The first kappa shape index (κ1) is 22.7.